The van der Waals surface area contributed by atoms with Gasteiger partial charge in [-0.15, -0.1) is 0 Å². The van der Waals surface area contributed by atoms with Crippen LogP contribution in [0.15, 0.2) is 46.2 Å². The molecule has 0 saturated heterocycles. The number of sulfone groups is 1. The molecule has 0 N–H and O–H groups in total. The maximum Gasteiger partial charge on any atom is 0.343 e. The summed E-state index contributed by atoms with van der Waals surface area (Å²) in [4.78, 5) is 49.2. The first-order valence-corrected chi connectivity index (χ1v) is 14.5. The maximum absolute atomic E-state index is 13.8. The lowest BCUT2D eigenvalue weighted by atomic mass is 10.1. The van der Waals surface area contributed by atoms with Gasteiger partial charge in [0.05, 0.1) is 20.9 Å². The van der Waals surface area contributed by atoms with Crippen molar-refractivity contribution in [2.45, 2.75) is 87.6 Å². The van der Waals surface area contributed by atoms with Gasteiger partial charge in [-0.25, -0.2) is 18.0 Å². The molecule has 2 unspecified atom stereocenters. The Labute approximate surface area is 226 Å². The van der Waals surface area contributed by atoms with Crippen LogP contribution in [-0.4, -0.2) is 32.3 Å². The van der Waals surface area contributed by atoms with Gasteiger partial charge in [-0.3, -0.25) is 9.59 Å². The van der Waals surface area contributed by atoms with Crippen LogP contribution < -0.4 is 0 Å². The van der Waals surface area contributed by atoms with E-state index >= 15 is 0 Å². The summed E-state index contributed by atoms with van der Waals surface area (Å²) < 4.78 is 48.7. The lowest BCUT2D eigenvalue weighted by molar-refractivity contribution is -0.169. The van der Waals surface area contributed by atoms with E-state index in [0.717, 1.165) is 25.7 Å². The molecule has 208 valence electrons. The summed E-state index contributed by atoms with van der Waals surface area (Å²) in [5.74, 6) is -3.07. The molecule has 2 atom stereocenters. The second kappa shape index (κ2) is 12.0. The molecular formula is C28H30O10S. The zero-order chi connectivity index (χ0) is 28.2. The fourth-order valence-electron chi connectivity index (χ4n) is 4.50. The molecular weight excluding hydrogens is 528 g/mol. The number of ether oxygens (including phenoxy) is 4. The first-order chi connectivity index (χ1) is 18.7. The highest BCUT2D eigenvalue weighted by Crippen LogP contribution is 2.41. The Kier molecular flexibility index (Phi) is 8.69. The predicted octanol–water partition coefficient (Wildman–Crippen LogP) is 5.10. The normalized spacial score (nSPS) is 17.7. The third-order valence-corrected chi connectivity index (χ3v) is 8.32. The lowest BCUT2D eigenvalue weighted by Gasteiger charge is -2.13. The topological polar surface area (TPSA) is 139 Å². The minimum Gasteiger partial charge on any atom is -0.421 e. The van der Waals surface area contributed by atoms with Gasteiger partial charge in [-0.05, 0) is 25.0 Å². The van der Waals surface area contributed by atoms with Crippen molar-refractivity contribution in [3.63, 3.8) is 0 Å². The number of unbranched alkanes of at least 4 members (excludes halogenated alkanes) is 4. The van der Waals surface area contributed by atoms with E-state index in [2.05, 4.69) is 0 Å². The Bertz CT molecular complexity index is 1300. The van der Waals surface area contributed by atoms with Gasteiger partial charge in [0.2, 0.25) is 9.84 Å². The van der Waals surface area contributed by atoms with Gasteiger partial charge < -0.3 is 18.9 Å². The van der Waals surface area contributed by atoms with Gasteiger partial charge in [-0.2, -0.15) is 0 Å². The minimum atomic E-state index is -4.48. The highest BCUT2D eigenvalue weighted by molar-refractivity contribution is 7.91. The highest BCUT2D eigenvalue weighted by atomic mass is 32.2. The number of carbonyl (C=O) groups excluding carboxylic acids is 4. The minimum absolute atomic E-state index is 0.0963. The van der Waals surface area contributed by atoms with Gasteiger partial charge in [0.25, 0.3) is 12.6 Å². The van der Waals surface area contributed by atoms with E-state index in [4.69, 9.17) is 18.9 Å². The molecule has 2 aromatic carbocycles. The van der Waals surface area contributed by atoms with Crippen LogP contribution in [-0.2, 0) is 38.4 Å². The van der Waals surface area contributed by atoms with Crippen molar-refractivity contribution < 1.29 is 46.5 Å². The first-order valence-electron chi connectivity index (χ1n) is 13.0. The Morgan fingerprint density at radius 1 is 0.718 bits per heavy atom. The van der Waals surface area contributed by atoms with E-state index in [1.54, 1.807) is 0 Å². The molecule has 2 heterocycles. The summed E-state index contributed by atoms with van der Waals surface area (Å²) in [6, 6.07) is 8.11. The molecule has 0 saturated carbocycles. The summed E-state index contributed by atoms with van der Waals surface area (Å²) in [5.41, 5.74) is -0.351. The van der Waals surface area contributed by atoms with Crippen LogP contribution in [0.3, 0.4) is 0 Å². The summed E-state index contributed by atoms with van der Waals surface area (Å²) in [6.45, 7) is 3.98. The smallest absolute Gasteiger partial charge is 0.343 e. The van der Waals surface area contributed by atoms with Crippen LogP contribution in [0.25, 0.3) is 0 Å². The molecule has 39 heavy (non-hydrogen) atoms. The second-order valence-electron chi connectivity index (χ2n) is 9.31. The number of carbonyl (C=O) groups is 4. The summed E-state index contributed by atoms with van der Waals surface area (Å²) in [7, 11) is -4.48. The maximum atomic E-state index is 13.8. The molecule has 0 radical (unpaired) electrons. The van der Waals surface area contributed by atoms with Gasteiger partial charge in [0.15, 0.2) is 0 Å². The molecule has 2 aliphatic rings. The van der Waals surface area contributed by atoms with Crippen LogP contribution in [0.2, 0.25) is 0 Å². The fraction of sp³-hybridized carbons (Fsp3) is 0.429. The van der Waals surface area contributed by atoms with Gasteiger partial charge >= 0.3 is 23.9 Å². The third-order valence-electron chi connectivity index (χ3n) is 6.49. The molecule has 0 amide bonds. The summed E-state index contributed by atoms with van der Waals surface area (Å²) in [5, 5.41) is 0. The number of fused-ring (bicyclic) bond motifs is 2. The average molecular weight is 559 g/mol. The number of esters is 4. The van der Waals surface area contributed by atoms with E-state index in [0.29, 0.717) is 12.8 Å². The van der Waals surface area contributed by atoms with E-state index in [1.165, 1.54) is 36.4 Å². The molecule has 4 rings (SSSR count). The van der Waals surface area contributed by atoms with Crippen molar-refractivity contribution >= 4 is 33.7 Å². The first kappa shape index (κ1) is 28.3. The van der Waals surface area contributed by atoms with Crippen LogP contribution in [0.4, 0.5) is 0 Å². The van der Waals surface area contributed by atoms with Gasteiger partial charge in [0, 0.05) is 24.0 Å². The van der Waals surface area contributed by atoms with Crippen LogP contribution in [0.5, 0.6) is 0 Å². The Morgan fingerprint density at radius 2 is 1.13 bits per heavy atom. The molecule has 0 bridgehead atoms. The number of rotatable bonds is 12. The van der Waals surface area contributed by atoms with Gasteiger partial charge in [0.1, 0.15) is 0 Å². The number of hydrogen-bond acceptors (Lipinski definition) is 10. The van der Waals surface area contributed by atoms with Crippen LogP contribution >= 0.6 is 0 Å². The average Bonchev–Trinajstić information content (AvgIpc) is 3.40. The SMILES string of the molecule is CCCCCC(=O)OC1OC(=O)c2c1cccc2S(=O)(=O)c1cccc2c1C(=O)OC2OC(=O)CCCCC. The monoisotopic (exact) mass is 558 g/mol. The standard InChI is InChI=1S/C28H30O10S/c1-3-5-7-15-21(29)35-27-17-11-9-13-19(23(17)25(31)37-27)39(33,34)20-14-10-12-18-24(20)26(32)38-28(18)36-22(30)16-8-6-4-2/h9-14,27-28H,3-8,15-16H2,1-2H3. The third kappa shape index (κ3) is 5.83. The molecule has 0 spiro atoms. The molecule has 11 heteroatoms. The molecule has 0 aromatic heterocycles. The molecule has 0 fully saturated rings. The molecule has 2 aliphatic heterocycles. The highest BCUT2D eigenvalue weighted by Gasteiger charge is 2.43. The van der Waals surface area contributed by atoms with Crippen molar-refractivity contribution in [2.24, 2.45) is 0 Å². The molecule has 10 nitrogen and oxygen atoms in total. The second-order valence-corrected chi connectivity index (χ2v) is 11.2. The molecule has 2 aromatic rings. The van der Waals surface area contributed by atoms with E-state index in [1.807, 2.05) is 13.8 Å². The Balaban J connectivity index is 1.64. The fourth-order valence-corrected chi connectivity index (χ4v) is 6.19. The van der Waals surface area contributed by atoms with E-state index in [9.17, 15) is 27.6 Å². The quantitative estimate of drug-likeness (QED) is 0.255. The predicted molar refractivity (Wildman–Crippen MR) is 135 cm³/mol. The van der Waals surface area contributed by atoms with E-state index in [-0.39, 0.29) is 35.1 Å². The van der Waals surface area contributed by atoms with Gasteiger partial charge in [-0.1, -0.05) is 63.8 Å². The largest absolute Gasteiger partial charge is 0.421 e. The Hall–Kier alpha value is -3.73. The van der Waals surface area contributed by atoms with Crippen molar-refractivity contribution in [1.82, 2.24) is 0 Å². The number of benzene rings is 2. The Morgan fingerprint density at radius 3 is 1.51 bits per heavy atom. The molecule has 0 aliphatic carbocycles. The van der Waals surface area contributed by atoms with Crippen molar-refractivity contribution in [1.29, 1.82) is 0 Å². The zero-order valence-corrected chi connectivity index (χ0v) is 22.6. The lowest BCUT2D eigenvalue weighted by Crippen LogP contribution is -2.12. The van der Waals surface area contributed by atoms with Crippen molar-refractivity contribution in [2.75, 3.05) is 0 Å². The summed E-state index contributed by atoms with van der Waals surface area (Å²) >= 11 is 0. The van der Waals surface area contributed by atoms with Crippen LogP contribution in [0, 0.1) is 0 Å². The number of hydrogen-bond donors (Lipinski definition) is 0. The van der Waals surface area contributed by atoms with Crippen molar-refractivity contribution in [3.8, 4) is 0 Å². The van der Waals surface area contributed by atoms with Crippen LogP contribution in [0.1, 0.15) is 110 Å². The van der Waals surface area contributed by atoms with E-state index < -0.39 is 56.1 Å². The zero-order valence-electron chi connectivity index (χ0n) is 21.8. The number of cyclic esters (lactones) is 2. The summed E-state index contributed by atoms with van der Waals surface area (Å²) in [6.07, 6.45) is 2.24. The van der Waals surface area contributed by atoms with Crippen molar-refractivity contribution in [3.05, 3.63) is 58.7 Å².